The number of benzene rings is 3. The Kier molecular flexibility index (Phi) is 41.8. The van der Waals surface area contributed by atoms with Gasteiger partial charge >= 0.3 is 5.69 Å². The van der Waals surface area contributed by atoms with Gasteiger partial charge in [-0.1, -0.05) is 97.9 Å². The molecule has 0 bridgehead atoms. The fourth-order valence-electron chi connectivity index (χ4n) is 2.68. The third kappa shape index (κ3) is 30.1. The van der Waals surface area contributed by atoms with Crippen LogP contribution in [0.4, 0.5) is 5.69 Å². The summed E-state index contributed by atoms with van der Waals surface area (Å²) in [7, 11) is 6.50. The van der Waals surface area contributed by atoms with Gasteiger partial charge in [-0.2, -0.15) is 0 Å². The summed E-state index contributed by atoms with van der Waals surface area (Å²) < 4.78 is 20.1. The van der Waals surface area contributed by atoms with Gasteiger partial charge in [0.15, 0.2) is 25.6 Å². The van der Waals surface area contributed by atoms with E-state index in [0.29, 0.717) is 17.0 Å². The topological polar surface area (TPSA) is 178 Å². The highest BCUT2D eigenvalue weighted by Gasteiger charge is 2.03. The summed E-state index contributed by atoms with van der Waals surface area (Å²) in [4.78, 5) is 40.8. The third-order valence-electron chi connectivity index (χ3n) is 4.64. The lowest BCUT2D eigenvalue weighted by Gasteiger charge is -2.00. The van der Waals surface area contributed by atoms with E-state index in [2.05, 4.69) is 29.9 Å². The van der Waals surface area contributed by atoms with Crippen molar-refractivity contribution in [3.8, 4) is 23.1 Å². The summed E-state index contributed by atoms with van der Waals surface area (Å²) in [6.07, 6.45) is 5.33. The van der Waals surface area contributed by atoms with Gasteiger partial charge in [-0.15, -0.1) is 0 Å². The van der Waals surface area contributed by atoms with Crippen molar-refractivity contribution in [2.75, 3.05) is 33.9 Å². The monoisotopic (exact) mass is 723 g/mol. The van der Waals surface area contributed by atoms with Crippen LogP contribution in [0.15, 0.2) is 114 Å². The summed E-state index contributed by atoms with van der Waals surface area (Å²) in [6.45, 7) is 17.5. The third-order valence-corrected chi connectivity index (χ3v) is 4.64. The Balaban J connectivity index is -0.000000278. The van der Waals surface area contributed by atoms with Crippen molar-refractivity contribution in [3.63, 3.8) is 0 Å². The lowest BCUT2D eigenvalue weighted by Crippen LogP contribution is -2.24. The average molecular weight is 724 g/mol. The van der Waals surface area contributed by atoms with Crippen LogP contribution in [0.3, 0.4) is 0 Å². The predicted octanol–water partition coefficient (Wildman–Crippen LogP) is 8.27. The fourth-order valence-corrected chi connectivity index (χ4v) is 2.68. The van der Waals surface area contributed by atoms with Crippen molar-refractivity contribution in [1.29, 1.82) is 0 Å². The van der Waals surface area contributed by atoms with Crippen LogP contribution in [-0.2, 0) is 0 Å². The predicted molar refractivity (Wildman–Crippen MR) is 222 cm³/mol. The van der Waals surface area contributed by atoms with Crippen molar-refractivity contribution in [1.82, 2.24) is 9.97 Å². The maximum atomic E-state index is 11.0. The van der Waals surface area contributed by atoms with E-state index in [4.69, 9.17) is 24.7 Å². The van der Waals surface area contributed by atoms with E-state index in [-0.39, 0.29) is 5.88 Å². The van der Waals surface area contributed by atoms with Gasteiger partial charge in [0.05, 0.1) is 5.56 Å². The number of hydrogen-bond donors (Lipinski definition) is 3. The number of nitrogen functional groups attached to an aromatic ring is 1. The Hall–Kier alpha value is -5.98. The van der Waals surface area contributed by atoms with E-state index in [1.807, 2.05) is 128 Å². The number of aromatic amines is 2. The quantitative estimate of drug-likeness (QED) is 0.0930. The molecule has 0 fully saturated rings. The number of hydrogen-bond acceptors (Lipinski definition) is 11. The van der Waals surface area contributed by atoms with Crippen molar-refractivity contribution in [2.24, 2.45) is 20.0 Å². The molecule has 52 heavy (non-hydrogen) atoms. The van der Waals surface area contributed by atoms with E-state index < -0.39 is 11.2 Å². The second-order valence-electron chi connectivity index (χ2n) is 7.99. The second kappa shape index (κ2) is 41.2. The van der Waals surface area contributed by atoms with Gasteiger partial charge < -0.3 is 24.7 Å². The lowest BCUT2D eigenvalue weighted by molar-refractivity contribution is 0.535. The van der Waals surface area contributed by atoms with Crippen LogP contribution in [0.2, 0.25) is 0 Å². The van der Waals surface area contributed by atoms with Crippen LogP contribution in [-0.4, -0.2) is 63.8 Å². The van der Waals surface area contributed by atoms with E-state index in [0.717, 1.165) is 17.9 Å². The first kappa shape index (κ1) is 52.8. The summed E-state index contributed by atoms with van der Waals surface area (Å²) in [5.74, 6) is 2.44. The number of H-pyrrole nitrogens is 2. The minimum Gasteiger partial charge on any atom is -0.446 e. The molecule has 3 aromatic carbocycles. The van der Waals surface area contributed by atoms with Crippen LogP contribution in [0, 0.1) is 6.92 Å². The first-order valence-corrected chi connectivity index (χ1v) is 16.9. The number of nitrogens with zero attached hydrogens (tertiary/aromatic N) is 4. The van der Waals surface area contributed by atoms with Crippen molar-refractivity contribution in [3.05, 3.63) is 111 Å². The molecule has 1 aromatic heterocycles. The Bertz CT molecular complexity index is 1520. The Morgan fingerprint density at radius 2 is 0.885 bits per heavy atom. The molecule has 1 heterocycles. The Labute approximate surface area is 310 Å². The Morgan fingerprint density at radius 3 is 1.27 bits per heavy atom. The molecule has 13 nitrogen and oxygen atoms in total. The molecule has 0 aliphatic carbocycles. The number of aliphatic imine (C=N–C) groups is 4. The fraction of sp³-hybridized carbons (Fsp3) is 0.333. The van der Waals surface area contributed by atoms with Crippen LogP contribution in [0.1, 0.15) is 61.0 Å². The molecular weight excluding hydrogens is 662 g/mol. The zero-order chi connectivity index (χ0) is 40.4. The average Bonchev–Trinajstić information content (AvgIpc) is 3.21. The van der Waals surface area contributed by atoms with E-state index in [9.17, 15) is 9.59 Å². The van der Waals surface area contributed by atoms with Gasteiger partial charge in [0.2, 0.25) is 5.88 Å². The molecule has 0 saturated carbocycles. The highest BCUT2D eigenvalue weighted by atomic mass is 16.5. The highest BCUT2D eigenvalue weighted by molar-refractivity contribution is 5.54. The number of anilines is 1. The minimum atomic E-state index is -0.602. The molecule has 0 aliphatic heterocycles. The van der Waals surface area contributed by atoms with Gasteiger partial charge in [0.25, 0.3) is 5.56 Å². The maximum absolute atomic E-state index is 11.0. The van der Waals surface area contributed by atoms with Gasteiger partial charge in [0, 0.05) is 39.9 Å². The molecule has 0 spiro atoms. The minimum absolute atomic E-state index is 0.111. The summed E-state index contributed by atoms with van der Waals surface area (Å²) in [5, 5.41) is 0. The van der Waals surface area contributed by atoms with Crippen LogP contribution in [0.5, 0.6) is 23.1 Å². The molecule has 0 amide bonds. The zero-order valence-electron chi connectivity index (χ0n) is 33.2. The largest absolute Gasteiger partial charge is 0.446 e. The van der Waals surface area contributed by atoms with Crippen molar-refractivity contribution < 1.29 is 18.9 Å². The van der Waals surface area contributed by atoms with Gasteiger partial charge in [-0.3, -0.25) is 34.7 Å². The van der Waals surface area contributed by atoms with Crippen LogP contribution >= 0.6 is 0 Å². The van der Waals surface area contributed by atoms with Crippen molar-refractivity contribution >= 4 is 31.3 Å². The van der Waals surface area contributed by atoms with Gasteiger partial charge in [-0.25, -0.2) is 4.79 Å². The first-order valence-electron chi connectivity index (χ1n) is 16.9. The summed E-state index contributed by atoms with van der Waals surface area (Å²) in [6, 6.07) is 26.2. The number of rotatable bonds is 8. The lowest BCUT2D eigenvalue weighted by atomic mass is 10.3. The first-order chi connectivity index (χ1) is 25.3. The molecule has 0 radical (unpaired) electrons. The molecule has 288 valence electrons. The van der Waals surface area contributed by atoms with Crippen LogP contribution < -0.4 is 35.9 Å². The normalized spacial score (nSPS) is 9.17. The number of aromatic nitrogens is 2. The molecule has 0 aliphatic rings. The molecule has 4 rings (SSSR count). The molecule has 0 unspecified atom stereocenters. The number of ether oxygens (including phenoxy) is 4. The van der Waals surface area contributed by atoms with Crippen LogP contribution in [0.25, 0.3) is 0 Å². The van der Waals surface area contributed by atoms with E-state index in [1.165, 1.54) is 33.2 Å². The van der Waals surface area contributed by atoms with E-state index >= 15 is 0 Å². The molecule has 0 atom stereocenters. The highest BCUT2D eigenvalue weighted by Crippen LogP contribution is 2.13. The zero-order valence-corrected chi connectivity index (χ0v) is 33.2. The van der Waals surface area contributed by atoms with Crippen molar-refractivity contribution in [2.45, 2.75) is 62.3 Å². The van der Waals surface area contributed by atoms with E-state index in [1.54, 1.807) is 33.3 Å². The number of nitrogens with one attached hydrogen (secondary N) is 2. The standard InChI is InChI=1S/C8H10N2O.2C8H9NO.C7H9N3O3.4C2H6/c1-10-6-11-8-4-2-3-7(9)5-8;2*1-9-7-10-8-5-3-2-4-6-8;1-4-5(11)9-7(12)10-6(4)13-3-8-2;4*1-2/h2-6H,9H2,1H3;2*2-7H,1H3;3H,1-2H3,(H2,9,10,11,12);4*1-2H3. The SMILES string of the molecule is CC.CC.CC.CC.CN=COc1[nH]c(=O)[nH]c(=O)c1C.CN=COc1cccc(N)c1.CN=COc1ccccc1.CN=COc1ccccc1. The van der Waals surface area contributed by atoms with Gasteiger partial charge in [0.1, 0.15) is 17.2 Å². The molecule has 13 heteroatoms. The summed E-state index contributed by atoms with van der Waals surface area (Å²) >= 11 is 0. The smallest absolute Gasteiger partial charge is 0.328 e. The molecule has 4 N–H and O–H groups in total. The molecule has 0 saturated heterocycles. The van der Waals surface area contributed by atoms with Gasteiger partial charge in [-0.05, 0) is 43.3 Å². The Morgan fingerprint density at radius 1 is 0.519 bits per heavy atom. The summed E-state index contributed by atoms with van der Waals surface area (Å²) in [5.41, 5.74) is 5.43. The second-order valence-corrected chi connectivity index (χ2v) is 7.99. The molecular formula is C39H61N7O6. The molecule has 4 aromatic rings. The number of para-hydroxylation sites is 2. The number of nitrogens with two attached hydrogens (primary N) is 1. The maximum Gasteiger partial charge on any atom is 0.328 e.